The summed E-state index contributed by atoms with van der Waals surface area (Å²) in [5.41, 5.74) is 0.991. The third kappa shape index (κ3) is 6.05. The van der Waals surface area contributed by atoms with Crippen LogP contribution in [0.1, 0.15) is 29.8 Å². The molecule has 2 amide bonds. The molecule has 0 spiro atoms. The van der Waals surface area contributed by atoms with E-state index in [0.717, 1.165) is 17.9 Å². The fourth-order valence-electron chi connectivity index (χ4n) is 2.85. The maximum atomic E-state index is 12.9. The van der Waals surface area contributed by atoms with Crippen molar-refractivity contribution in [1.82, 2.24) is 15.4 Å². The first-order valence-corrected chi connectivity index (χ1v) is 9.76. The number of hydrogen-bond donors (Lipinski definition) is 1. The van der Waals surface area contributed by atoms with Crippen LogP contribution in [-0.4, -0.2) is 62.3 Å². The second-order valence-corrected chi connectivity index (χ2v) is 7.09. The average molecular weight is 401 g/mol. The van der Waals surface area contributed by atoms with E-state index in [1.54, 1.807) is 25.2 Å². The van der Waals surface area contributed by atoms with Gasteiger partial charge in [-0.25, -0.2) is 0 Å². The molecular weight excluding hydrogens is 374 g/mol. The van der Waals surface area contributed by atoms with E-state index >= 15 is 0 Å². The zero-order chi connectivity index (χ0) is 20.6. The van der Waals surface area contributed by atoms with Crippen LogP contribution in [0.3, 0.4) is 0 Å². The van der Waals surface area contributed by atoms with Crippen LogP contribution in [0.4, 0.5) is 0 Å². The van der Waals surface area contributed by atoms with Gasteiger partial charge in [0.15, 0.2) is 11.5 Å². The fraction of sp³-hybridized carbons (Fsp3) is 0.476. The molecule has 1 fully saturated rings. The van der Waals surface area contributed by atoms with Crippen molar-refractivity contribution < 1.29 is 23.6 Å². The van der Waals surface area contributed by atoms with E-state index < -0.39 is 0 Å². The molecule has 0 aliphatic heterocycles. The molecule has 0 atom stereocenters. The quantitative estimate of drug-likeness (QED) is 0.621. The van der Waals surface area contributed by atoms with Crippen molar-refractivity contribution in [3.05, 3.63) is 36.0 Å². The van der Waals surface area contributed by atoms with E-state index in [4.69, 9.17) is 14.0 Å². The van der Waals surface area contributed by atoms with Gasteiger partial charge in [-0.2, -0.15) is 0 Å². The number of amides is 2. The monoisotopic (exact) mass is 401 g/mol. The molecule has 0 radical (unpaired) electrons. The second kappa shape index (κ2) is 10.1. The van der Waals surface area contributed by atoms with Crippen LogP contribution in [0.15, 0.2) is 34.9 Å². The van der Waals surface area contributed by atoms with Crippen LogP contribution in [0, 0.1) is 5.92 Å². The lowest BCUT2D eigenvalue weighted by Crippen LogP contribution is -2.37. The Kier molecular flexibility index (Phi) is 7.24. The number of nitrogens with zero attached hydrogens (tertiary/aromatic N) is 2. The van der Waals surface area contributed by atoms with E-state index in [0.29, 0.717) is 31.4 Å². The summed E-state index contributed by atoms with van der Waals surface area (Å²) in [6, 6.07) is 8.90. The summed E-state index contributed by atoms with van der Waals surface area (Å²) < 4.78 is 15.6. The van der Waals surface area contributed by atoms with Crippen molar-refractivity contribution in [1.29, 1.82) is 0 Å². The van der Waals surface area contributed by atoms with Gasteiger partial charge in [-0.1, -0.05) is 5.16 Å². The zero-order valence-electron chi connectivity index (χ0n) is 16.8. The molecule has 0 unspecified atom stereocenters. The lowest BCUT2D eigenvalue weighted by Gasteiger charge is -2.21. The van der Waals surface area contributed by atoms with Gasteiger partial charge < -0.3 is 24.2 Å². The number of rotatable bonds is 11. The maximum absolute atomic E-state index is 12.9. The number of nitrogens with one attached hydrogen (secondary N) is 1. The number of carbonyl (C=O) groups excluding carboxylic acids is 2. The molecule has 29 heavy (non-hydrogen) atoms. The van der Waals surface area contributed by atoms with Gasteiger partial charge in [0, 0.05) is 44.8 Å². The SMILES string of the molecule is COCCN(CCC(=O)NCC1CC1)C(=O)c1cc(-c2ccc(OC)cc2)on1. The minimum absolute atomic E-state index is 0.0498. The molecule has 1 aliphatic rings. The summed E-state index contributed by atoms with van der Waals surface area (Å²) in [5.74, 6) is 1.50. The van der Waals surface area contributed by atoms with Crippen LogP contribution in [0.25, 0.3) is 11.3 Å². The molecule has 1 aromatic heterocycles. The highest BCUT2D eigenvalue weighted by Crippen LogP contribution is 2.27. The van der Waals surface area contributed by atoms with Gasteiger partial charge in [0.2, 0.25) is 5.91 Å². The molecule has 1 aliphatic carbocycles. The molecule has 3 rings (SSSR count). The Balaban J connectivity index is 1.61. The van der Waals surface area contributed by atoms with Crippen molar-refractivity contribution in [2.45, 2.75) is 19.3 Å². The van der Waals surface area contributed by atoms with E-state index in [1.807, 2.05) is 24.3 Å². The Hall–Kier alpha value is -2.87. The number of methoxy groups -OCH3 is 2. The predicted molar refractivity (Wildman–Crippen MR) is 107 cm³/mol. The Morgan fingerprint density at radius 1 is 1.21 bits per heavy atom. The lowest BCUT2D eigenvalue weighted by molar-refractivity contribution is -0.121. The Bertz CT molecular complexity index is 814. The molecule has 8 heteroatoms. The molecule has 1 heterocycles. The van der Waals surface area contributed by atoms with Crippen LogP contribution < -0.4 is 10.1 Å². The molecule has 0 bridgehead atoms. The third-order valence-corrected chi connectivity index (χ3v) is 4.85. The Labute approximate surface area is 170 Å². The summed E-state index contributed by atoms with van der Waals surface area (Å²) >= 11 is 0. The number of hydrogen-bond acceptors (Lipinski definition) is 6. The van der Waals surface area contributed by atoms with Gasteiger partial charge in [0.05, 0.1) is 13.7 Å². The third-order valence-electron chi connectivity index (χ3n) is 4.85. The minimum atomic E-state index is -0.291. The topological polar surface area (TPSA) is 93.9 Å². The fourth-order valence-corrected chi connectivity index (χ4v) is 2.85. The molecule has 2 aromatic rings. The van der Waals surface area contributed by atoms with E-state index in [-0.39, 0.29) is 23.9 Å². The van der Waals surface area contributed by atoms with Gasteiger partial charge in [0.1, 0.15) is 5.75 Å². The second-order valence-electron chi connectivity index (χ2n) is 7.09. The summed E-state index contributed by atoms with van der Waals surface area (Å²) in [6.07, 6.45) is 2.61. The van der Waals surface area contributed by atoms with Gasteiger partial charge in [0.25, 0.3) is 5.91 Å². The number of carbonyl (C=O) groups is 2. The minimum Gasteiger partial charge on any atom is -0.497 e. The van der Waals surface area contributed by atoms with Crippen LogP contribution in [0.5, 0.6) is 5.75 Å². The van der Waals surface area contributed by atoms with Gasteiger partial charge in [-0.3, -0.25) is 9.59 Å². The van der Waals surface area contributed by atoms with E-state index in [2.05, 4.69) is 10.5 Å². The largest absolute Gasteiger partial charge is 0.497 e. The summed E-state index contributed by atoms with van der Waals surface area (Å²) in [5, 5.41) is 6.84. The smallest absolute Gasteiger partial charge is 0.276 e. The van der Waals surface area contributed by atoms with Crippen molar-refractivity contribution in [2.24, 2.45) is 5.92 Å². The summed E-state index contributed by atoms with van der Waals surface area (Å²) in [7, 11) is 3.17. The number of ether oxygens (including phenoxy) is 2. The number of aromatic nitrogens is 1. The summed E-state index contributed by atoms with van der Waals surface area (Å²) in [4.78, 5) is 26.5. The van der Waals surface area contributed by atoms with Crippen LogP contribution in [-0.2, 0) is 9.53 Å². The average Bonchev–Trinajstić information content (AvgIpc) is 3.45. The highest BCUT2D eigenvalue weighted by atomic mass is 16.5. The van der Waals surface area contributed by atoms with E-state index in [1.165, 1.54) is 12.8 Å². The highest BCUT2D eigenvalue weighted by Gasteiger charge is 2.23. The molecule has 1 aromatic carbocycles. The first-order valence-electron chi connectivity index (χ1n) is 9.76. The first kappa shape index (κ1) is 20.9. The molecule has 8 nitrogen and oxygen atoms in total. The van der Waals surface area contributed by atoms with Crippen molar-refractivity contribution in [3.8, 4) is 17.1 Å². The van der Waals surface area contributed by atoms with Crippen LogP contribution in [0.2, 0.25) is 0 Å². The Morgan fingerprint density at radius 3 is 2.62 bits per heavy atom. The van der Waals surface area contributed by atoms with Crippen LogP contribution >= 0.6 is 0 Å². The van der Waals surface area contributed by atoms with Gasteiger partial charge >= 0.3 is 0 Å². The maximum Gasteiger partial charge on any atom is 0.276 e. The van der Waals surface area contributed by atoms with Crippen molar-refractivity contribution in [3.63, 3.8) is 0 Å². The van der Waals surface area contributed by atoms with Gasteiger partial charge in [-0.15, -0.1) is 0 Å². The standard InChI is InChI=1S/C21H27N3O5/c1-27-12-11-24(10-9-20(25)22-14-15-3-4-15)21(26)18-13-19(29-23-18)16-5-7-17(28-2)8-6-16/h5-8,13,15H,3-4,9-12,14H2,1-2H3,(H,22,25). The molecule has 1 N–H and O–H groups in total. The predicted octanol–water partition coefficient (Wildman–Crippen LogP) is 2.36. The lowest BCUT2D eigenvalue weighted by atomic mass is 10.1. The van der Waals surface area contributed by atoms with Crippen molar-refractivity contribution >= 4 is 11.8 Å². The summed E-state index contributed by atoms with van der Waals surface area (Å²) in [6.45, 7) is 1.76. The van der Waals surface area contributed by atoms with E-state index in [9.17, 15) is 9.59 Å². The normalized spacial score (nSPS) is 13.2. The van der Waals surface area contributed by atoms with Gasteiger partial charge in [-0.05, 0) is 43.0 Å². The molecular formula is C21H27N3O5. The first-order chi connectivity index (χ1) is 14.1. The molecule has 1 saturated carbocycles. The highest BCUT2D eigenvalue weighted by molar-refractivity contribution is 5.93. The van der Waals surface area contributed by atoms with Crippen molar-refractivity contribution in [2.75, 3.05) is 40.5 Å². The molecule has 0 saturated heterocycles. The Morgan fingerprint density at radius 2 is 1.97 bits per heavy atom. The zero-order valence-corrected chi connectivity index (χ0v) is 16.8. The molecule has 156 valence electrons. The number of benzene rings is 1.